The highest BCUT2D eigenvalue weighted by molar-refractivity contribution is 5.92. The van der Waals surface area contributed by atoms with E-state index in [0.29, 0.717) is 12.8 Å². The van der Waals surface area contributed by atoms with Gasteiger partial charge in [0.15, 0.2) is 0 Å². The van der Waals surface area contributed by atoms with Crippen molar-refractivity contribution in [2.75, 3.05) is 5.32 Å². The number of carbonyl (C=O) groups is 1. The van der Waals surface area contributed by atoms with Crippen molar-refractivity contribution in [3.8, 4) is 5.69 Å². The van der Waals surface area contributed by atoms with Crippen LogP contribution in [-0.2, 0) is 4.79 Å². The smallest absolute Gasteiger partial charge is 0.224 e. The summed E-state index contributed by atoms with van der Waals surface area (Å²) in [5.74, 6) is -0.0306. The number of benzene rings is 1. The number of nitrogens with two attached hydrogens (primary N) is 1. The number of aromatic nitrogens is 2. The number of anilines is 1. The van der Waals surface area contributed by atoms with Crippen molar-refractivity contribution in [2.24, 2.45) is 5.73 Å². The van der Waals surface area contributed by atoms with Crippen molar-refractivity contribution in [3.05, 3.63) is 42.7 Å². The molecule has 2 aromatic rings. The van der Waals surface area contributed by atoms with E-state index in [1.54, 1.807) is 10.9 Å². The normalized spacial score (nSPS) is 11.5. The van der Waals surface area contributed by atoms with Gasteiger partial charge in [-0.3, -0.25) is 4.79 Å². The largest absolute Gasteiger partial charge is 0.328 e. The number of para-hydroxylation sites is 2. The lowest BCUT2D eigenvalue weighted by molar-refractivity contribution is -0.116. The Balaban J connectivity index is 0.00000200. The van der Waals surface area contributed by atoms with Crippen LogP contribution in [0.25, 0.3) is 5.69 Å². The van der Waals surface area contributed by atoms with Gasteiger partial charge in [0.2, 0.25) is 5.91 Å². The Labute approximate surface area is 124 Å². The molecule has 1 heterocycles. The van der Waals surface area contributed by atoms with Crippen molar-refractivity contribution < 1.29 is 4.79 Å². The highest BCUT2D eigenvalue weighted by Crippen LogP contribution is 2.19. The minimum absolute atomic E-state index is 0. The molecule has 1 aromatic carbocycles. The molecular weight excluding hydrogens is 276 g/mol. The van der Waals surface area contributed by atoms with Gasteiger partial charge in [-0.15, -0.1) is 12.4 Å². The van der Waals surface area contributed by atoms with Crippen LogP contribution in [0.3, 0.4) is 0 Å². The van der Waals surface area contributed by atoms with Gasteiger partial charge in [0.1, 0.15) is 0 Å². The first-order chi connectivity index (χ1) is 9.16. The van der Waals surface area contributed by atoms with E-state index in [1.807, 2.05) is 43.5 Å². The average Bonchev–Trinajstić information content (AvgIpc) is 2.91. The van der Waals surface area contributed by atoms with Crippen molar-refractivity contribution in [1.29, 1.82) is 0 Å². The van der Waals surface area contributed by atoms with Crippen LogP contribution in [0.2, 0.25) is 0 Å². The maximum atomic E-state index is 11.8. The predicted molar refractivity (Wildman–Crippen MR) is 82.3 cm³/mol. The lowest BCUT2D eigenvalue weighted by Crippen LogP contribution is -2.20. The molecule has 6 heteroatoms. The Kier molecular flexibility index (Phi) is 6.21. The van der Waals surface area contributed by atoms with E-state index in [1.165, 1.54) is 0 Å². The number of rotatable bonds is 5. The van der Waals surface area contributed by atoms with Crippen LogP contribution in [0.15, 0.2) is 42.7 Å². The molecule has 0 radical (unpaired) electrons. The zero-order chi connectivity index (χ0) is 13.7. The topological polar surface area (TPSA) is 72.9 Å². The van der Waals surface area contributed by atoms with Gasteiger partial charge in [-0.2, -0.15) is 5.10 Å². The Morgan fingerprint density at radius 2 is 2.15 bits per heavy atom. The third kappa shape index (κ3) is 4.36. The molecule has 2 rings (SSSR count). The third-order valence-corrected chi connectivity index (χ3v) is 2.76. The van der Waals surface area contributed by atoms with E-state index in [4.69, 9.17) is 5.73 Å². The Morgan fingerprint density at radius 1 is 1.40 bits per heavy atom. The molecule has 108 valence electrons. The van der Waals surface area contributed by atoms with Crippen LogP contribution in [0.1, 0.15) is 19.8 Å². The average molecular weight is 295 g/mol. The van der Waals surface area contributed by atoms with Gasteiger partial charge < -0.3 is 11.1 Å². The van der Waals surface area contributed by atoms with Gasteiger partial charge >= 0.3 is 0 Å². The highest BCUT2D eigenvalue weighted by atomic mass is 35.5. The second-order valence-corrected chi connectivity index (χ2v) is 4.53. The number of nitrogens with zero attached hydrogens (tertiary/aromatic N) is 2. The molecule has 5 nitrogen and oxygen atoms in total. The van der Waals surface area contributed by atoms with E-state index >= 15 is 0 Å². The van der Waals surface area contributed by atoms with E-state index in [-0.39, 0.29) is 24.4 Å². The van der Waals surface area contributed by atoms with Gasteiger partial charge in [-0.25, -0.2) is 4.68 Å². The maximum absolute atomic E-state index is 11.8. The summed E-state index contributed by atoms with van der Waals surface area (Å²) in [5, 5.41) is 7.07. The van der Waals surface area contributed by atoms with Crippen LogP contribution in [0.5, 0.6) is 0 Å². The summed E-state index contributed by atoms with van der Waals surface area (Å²) in [6.45, 7) is 1.89. The van der Waals surface area contributed by atoms with Crippen LogP contribution in [0.4, 0.5) is 5.69 Å². The highest BCUT2D eigenvalue weighted by Gasteiger charge is 2.08. The molecule has 0 aliphatic heterocycles. The molecular formula is C14H19ClN4O. The minimum Gasteiger partial charge on any atom is -0.328 e. The molecule has 0 spiro atoms. The van der Waals surface area contributed by atoms with E-state index in [2.05, 4.69) is 10.4 Å². The summed E-state index contributed by atoms with van der Waals surface area (Å²) >= 11 is 0. The first kappa shape index (κ1) is 16.2. The monoisotopic (exact) mass is 294 g/mol. The fourth-order valence-corrected chi connectivity index (χ4v) is 1.76. The Bertz CT molecular complexity index is 540. The first-order valence-corrected chi connectivity index (χ1v) is 6.31. The fourth-order valence-electron chi connectivity index (χ4n) is 1.76. The number of halogens is 1. The van der Waals surface area contributed by atoms with Crippen LogP contribution < -0.4 is 11.1 Å². The molecule has 0 aliphatic rings. The second kappa shape index (κ2) is 7.67. The molecule has 0 bridgehead atoms. The third-order valence-electron chi connectivity index (χ3n) is 2.76. The van der Waals surface area contributed by atoms with Gasteiger partial charge in [0.05, 0.1) is 11.4 Å². The zero-order valence-corrected chi connectivity index (χ0v) is 12.1. The molecule has 0 saturated carbocycles. The summed E-state index contributed by atoms with van der Waals surface area (Å²) in [4.78, 5) is 11.8. The van der Waals surface area contributed by atoms with E-state index < -0.39 is 0 Å². The number of amides is 1. The van der Waals surface area contributed by atoms with E-state index in [9.17, 15) is 4.79 Å². The summed E-state index contributed by atoms with van der Waals surface area (Å²) < 4.78 is 1.72. The number of hydrogen-bond donors (Lipinski definition) is 2. The molecule has 0 fully saturated rings. The lowest BCUT2D eigenvalue weighted by Gasteiger charge is -2.11. The zero-order valence-electron chi connectivity index (χ0n) is 11.3. The number of carbonyl (C=O) groups excluding carboxylic acids is 1. The van der Waals surface area contributed by atoms with Crippen molar-refractivity contribution in [1.82, 2.24) is 9.78 Å². The van der Waals surface area contributed by atoms with Crippen LogP contribution >= 0.6 is 12.4 Å². The maximum Gasteiger partial charge on any atom is 0.224 e. The quantitative estimate of drug-likeness (QED) is 0.889. The van der Waals surface area contributed by atoms with Crippen LogP contribution in [0, 0.1) is 0 Å². The summed E-state index contributed by atoms with van der Waals surface area (Å²) in [7, 11) is 0. The first-order valence-electron chi connectivity index (χ1n) is 6.31. The molecule has 0 saturated heterocycles. The number of hydrogen-bond acceptors (Lipinski definition) is 3. The van der Waals surface area contributed by atoms with Crippen molar-refractivity contribution in [2.45, 2.75) is 25.8 Å². The van der Waals surface area contributed by atoms with Gasteiger partial charge in [0, 0.05) is 24.9 Å². The summed E-state index contributed by atoms with van der Waals surface area (Å²) in [6.07, 6.45) is 4.64. The fraction of sp³-hybridized carbons (Fsp3) is 0.286. The predicted octanol–water partition coefficient (Wildman–Crippen LogP) is 2.36. The second-order valence-electron chi connectivity index (χ2n) is 4.53. The van der Waals surface area contributed by atoms with Crippen molar-refractivity contribution >= 4 is 24.0 Å². The van der Waals surface area contributed by atoms with E-state index in [0.717, 1.165) is 11.4 Å². The summed E-state index contributed by atoms with van der Waals surface area (Å²) in [5.41, 5.74) is 7.25. The Morgan fingerprint density at radius 3 is 2.80 bits per heavy atom. The van der Waals surface area contributed by atoms with Gasteiger partial charge in [-0.1, -0.05) is 12.1 Å². The van der Waals surface area contributed by atoms with Gasteiger partial charge in [0.25, 0.3) is 0 Å². The SMILES string of the molecule is CC(N)CCC(=O)Nc1ccccc1-n1cccn1.Cl. The summed E-state index contributed by atoms with van der Waals surface area (Å²) in [6, 6.07) is 9.44. The van der Waals surface area contributed by atoms with Crippen molar-refractivity contribution in [3.63, 3.8) is 0 Å². The number of nitrogens with one attached hydrogen (secondary N) is 1. The molecule has 1 unspecified atom stereocenters. The minimum atomic E-state index is -0.0306. The Hall–Kier alpha value is -1.85. The van der Waals surface area contributed by atoms with Gasteiger partial charge in [-0.05, 0) is 31.5 Å². The molecule has 1 aromatic heterocycles. The molecule has 1 atom stereocenters. The molecule has 20 heavy (non-hydrogen) atoms. The lowest BCUT2D eigenvalue weighted by atomic mass is 10.2. The van der Waals surface area contributed by atoms with Crippen LogP contribution in [-0.4, -0.2) is 21.7 Å². The molecule has 0 aliphatic carbocycles. The molecule has 1 amide bonds. The standard InChI is InChI=1S/C14H18N4O.ClH/c1-11(15)7-8-14(19)17-12-5-2-3-6-13(12)18-10-4-9-16-18;/h2-6,9-11H,7-8,15H2,1H3,(H,17,19);1H. The molecule has 3 N–H and O–H groups in total.